The Morgan fingerprint density at radius 1 is 1.40 bits per heavy atom. The van der Waals surface area contributed by atoms with E-state index in [2.05, 4.69) is 20.3 Å². The Bertz CT molecular complexity index is 492. The highest BCUT2D eigenvalue weighted by Gasteiger charge is 2.11. The van der Waals surface area contributed by atoms with Gasteiger partial charge >= 0.3 is 0 Å². The van der Waals surface area contributed by atoms with Gasteiger partial charge in [-0.25, -0.2) is 0 Å². The van der Waals surface area contributed by atoms with Crippen molar-refractivity contribution in [2.75, 3.05) is 0 Å². The lowest BCUT2D eigenvalue weighted by molar-refractivity contribution is 0.432. The predicted molar refractivity (Wildman–Crippen MR) is 55.2 cm³/mol. The van der Waals surface area contributed by atoms with Crippen LogP contribution >= 0.6 is 11.3 Å². The van der Waals surface area contributed by atoms with Gasteiger partial charge in [-0.05, 0) is 11.4 Å². The summed E-state index contributed by atoms with van der Waals surface area (Å²) in [5, 5.41) is 12.4. The zero-order valence-electron chi connectivity index (χ0n) is 7.54. The maximum Gasteiger partial charge on any atom is 0.261 e. The van der Waals surface area contributed by atoms with E-state index >= 15 is 0 Å². The molecule has 0 radical (unpaired) electrons. The van der Waals surface area contributed by atoms with E-state index in [1.807, 2.05) is 17.5 Å². The second kappa shape index (κ2) is 3.32. The number of aromatic amines is 1. The van der Waals surface area contributed by atoms with Crippen molar-refractivity contribution >= 4 is 11.3 Å². The molecule has 3 heterocycles. The van der Waals surface area contributed by atoms with Gasteiger partial charge < -0.3 is 4.52 Å². The Kier molecular flexibility index (Phi) is 1.85. The minimum absolute atomic E-state index is 0.479. The van der Waals surface area contributed by atoms with Gasteiger partial charge in [-0.15, -0.1) is 11.3 Å². The average Bonchev–Trinajstić information content (AvgIpc) is 3.02. The highest BCUT2D eigenvalue weighted by Crippen LogP contribution is 2.24. The molecular formula is C9H6N4OS. The molecule has 0 aliphatic heterocycles. The van der Waals surface area contributed by atoms with E-state index in [0.29, 0.717) is 11.7 Å². The molecule has 0 unspecified atom stereocenters. The first-order valence-corrected chi connectivity index (χ1v) is 5.18. The van der Waals surface area contributed by atoms with Gasteiger partial charge in [0.1, 0.15) is 0 Å². The van der Waals surface area contributed by atoms with Crippen molar-refractivity contribution in [2.45, 2.75) is 0 Å². The van der Waals surface area contributed by atoms with Crippen LogP contribution in [-0.4, -0.2) is 20.3 Å². The Labute approximate surface area is 88.8 Å². The summed E-state index contributed by atoms with van der Waals surface area (Å²) in [4.78, 5) is 5.26. The summed E-state index contributed by atoms with van der Waals surface area (Å²) >= 11 is 1.58. The van der Waals surface area contributed by atoms with E-state index < -0.39 is 0 Å². The van der Waals surface area contributed by atoms with Crippen LogP contribution in [0.1, 0.15) is 0 Å². The van der Waals surface area contributed by atoms with Crippen molar-refractivity contribution < 1.29 is 4.52 Å². The normalized spacial score (nSPS) is 10.7. The lowest BCUT2D eigenvalue weighted by Crippen LogP contribution is -1.75. The number of aromatic nitrogens is 4. The summed E-state index contributed by atoms with van der Waals surface area (Å²) in [6.07, 6.45) is 3.36. The zero-order valence-corrected chi connectivity index (χ0v) is 8.36. The first kappa shape index (κ1) is 8.37. The van der Waals surface area contributed by atoms with Crippen LogP contribution in [0.4, 0.5) is 0 Å². The molecule has 15 heavy (non-hydrogen) atoms. The zero-order chi connectivity index (χ0) is 10.1. The van der Waals surface area contributed by atoms with Crippen LogP contribution in [-0.2, 0) is 0 Å². The Hall–Kier alpha value is -1.95. The van der Waals surface area contributed by atoms with E-state index in [0.717, 1.165) is 10.4 Å². The van der Waals surface area contributed by atoms with E-state index in [9.17, 15) is 0 Å². The monoisotopic (exact) mass is 218 g/mol. The van der Waals surface area contributed by atoms with Crippen molar-refractivity contribution in [3.63, 3.8) is 0 Å². The summed E-state index contributed by atoms with van der Waals surface area (Å²) in [6.45, 7) is 0. The number of nitrogens with one attached hydrogen (secondary N) is 1. The molecule has 0 aliphatic carbocycles. The maximum absolute atomic E-state index is 5.12. The molecule has 1 N–H and O–H groups in total. The predicted octanol–water partition coefficient (Wildman–Crippen LogP) is 2.19. The summed E-state index contributed by atoms with van der Waals surface area (Å²) in [5.74, 6) is 1.09. The van der Waals surface area contributed by atoms with Gasteiger partial charge in [-0.1, -0.05) is 11.2 Å². The molecule has 0 aromatic carbocycles. The number of thiophene rings is 1. The third-order valence-corrected chi connectivity index (χ3v) is 2.78. The standard InChI is InChI=1S/C9H6N4OS/c1-2-7(15-3-1)8-12-9(14-13-8)6-4-10-11-5-6/h1-5H,(H,10,11). The number of hydrogen-bond acceptors (Lipinski definition) is 5. The van der Waals surface area contributed by atoms with E-state index in [1.165, 1.54) is 0 Å². The molecule has 0 saturated heterocycles. The highest BCUT2D eigenvalue weighted by molar-refractivity contribution is 7.13. The van der Waals surface area contributed by atoms with Crippen LogP contribution in [0.3, 0.4) is 0 Å². The van der Waals surface area contributed by atoms with Crippen molar-refractivity contribution in [3.05, 3.63) is 29.9 Å². The molecule has 0 atom stereocenters. The summed E-state index contributed by atoms with van der Waals surface area (Å²) in [7, 11) is 0. The van der Waals surface area contributed by atoms with E-state index in [4.69, 9.17) is 4.52 Å². The molecule has 0 aliphatic rings. The molecule has 5 nitrogen and oxygen atoms in total. The lowest BCUT2D eigenvalue weighted by Gasteiger charge is -1.82. The fourth-order valence-corrected chi connectivity index (χ4v) is 1.86. The molecule has 6 heteroatoms. The summed E-state index contributed by atoms with van der Waals surface area (Å²) in [5.41, 5.74) is 0.797. The second-order valence-corrected chi connectivity index (χ2v) is 3.84. The van der Waals surface area contributed by atoms with Gasteiger partial charge in [0.2, 0.25) is 5.82 Å². The van der Waals surface area contributed by atoms with Gasteiger partial charge in [-0.3, -0.25) is 5.10 Å². The molecule has 0 amide bonds. The van der Waals surface area contributed by atoms with Crippen molar-refractivity contribution in [1.29, 1.82) is 0 Å². The third kappa shape index (κ3) is 1.44. The van der Waals surface area contributed by atoms with Crippen molar-refractivity contribution in [2.24, 2.45) is 0 Å². The topological polar surface area (TPSA) is 67.6 Å². The smallest absolute Gasteiger partial charge is 0.261 e. The van der Waals surface area contributed by atoms with Crippen LogP contribution in [0.25, 0.3) is 22.2 Å². The van der Waals surface area contributed by atoms with E-state index in [-0.39, 0.29) is 0 Å². The van der Waals surface area contributed by atoms with Crippen molar-refractivity contribution in [3.8, 4) is 22.2 Å². The molecule has 0 fully saturated rings. The number of hydrogen-bond donors (Lipinski definition) is 1. The Morgan fingerprint density at radius 3 is 3.13 bits per heavy atom. The van der Waals surface area contributed by atoms with Gasteiger partial charge in [0, 0.05) is 6.20 Å². The third-order valence-electron chi connectivity index (χ3n) is 1.91. The highest BCUT2D eigenvalue weighted by atomic mass is 32.1. The molecule has 0 saturated carbocycles. The molecular weight excluding hydrogens is 212 g/mol. The minimum Gasteiger partial charge on any atom is -0.333 e. The van der Waals surface area contributed by atoms with Gasteiger partial charge in [0.15, 0.2) is 0 Å². The number of rotatable bonds is 2. The summed E-state index contributed by atoms with van der Waals surface area (Å²) in [6, 6.07) is 3.91. The fourth-order valence-electron chi connectivity index (χ4n) is 1.21. The van der Waals surface area contributed by atoms with Crippen LogP contribution in [0.15, 0.2) is 34.4 Å². The molecule has 0 bridgehead atoms. The average molecular weight is 218 g/mol. The van der Waals surface area contributed by atoms with Gasteiger partial charge in [0.25, 0.3) is 5.89 Å². The molecule has 3 rings (SSSR count). The molecule has 74 valence electrons. The first-order valence-electron chi connectivity index (χ1n) is 4.30. The number of nitrogens with zero attached hydrogens (tertiary/aromatic N) is 3. The maximum atomic E-state index is 5.12. The van der Waals surface area contributed by atoms with Crippen LogP contribution in [0, 0.1) is 0 Å². The van der Waals surface area contributed by atoms with E-state index in [1.54, 1.807) is 23.7 Å². The molecule has 3 aromatic heterocycles. The number of H-pyrrole nitrogens is 1. The minimum atomic E-state index is 0.479. The Morgan fingerprint density at radius 2 is 2.40 bits per heavy atom. The molecule has 0 spiro atoms. The SMILES string of the molecule is c1csc(-c2noc(-c3cn[nH]c3)n2)c1. The van der Waals surface area contributed by atoms with Crippen LogP contribution in [0.5, 0.6) is 0 Å². The quantitative estimate of drug-likeness (QED) is 0.715. The fraction of sp³-hybridized carbons (Fsp3) is 0. The Balaban J connectivity index is 2.02. The van der Waals surface area contributed by atoms with Crippen LogP contribution in [0.2, 0.25) is 0 Å². The van der Waals surface area contributed by atoms with Crippen molar-refractivity contribution in [1.82, 2.24) is 20.3 Å². The van der Waals surface area contributed by atoms with Crippen LogP contribution < -0.4 is 0 Å². The van der Waals surface area contributed by atoms with Gasteiger partial charge in [0.05, 0.1) is 16.6 Å². The summed E-state index contributed by atoms with van der Waals surface area (Å²) < 4.78 is 5.12. The molecule has 3 aromatic rings. The first-order chi connectivity index (χ1) is 7.43. The largest absolute Gasteiger partial charge is 0.333 e. The van der Waals surface area contributed by atoms with Gasteiger partial charge in [-0.2, -0.15) is 10.1 Å². The second-order valence-electron chi connectivity index (χ2n) is 2.89. The lowest BCUT2D eigenvalue weighted by atomic mass is 10.4.